The van der Waals surface area contributed by atoms with E-state index in [9.17, 15) is 9.59 Å². The molecule has 1 N–H and O–H groups in total. The predicted molar refractivity (Wildman–Crippen MR) is 53.3 cm³/mol. The van der Waals surface area contributed by atoms with Crippen LogP contribution in [0.15, 0.2) is 0 Å². The number of likely N-dealkylation sites (tertiary alicyclic amines) is 1. The van der Waals surface area contributed by atoms with Gasteiger partial charge < -0.3 is 15.0 Å². The molecule has 5 nitrogen and oxygen atoms in total. The van der Waals surface area contributed by atoms with Crippen molar-refractivity contribution in [3.05, 3.63) is 0 Å². The van der Waals surface area contributed by atoms with Gasteiger partial charge in [0.15, 0.2) is 0 Å². The molecule has 2 bridgehead atoms. The number of rotatable bonds is 0. The third kappa shape index (κ3) is 1.91. The van der Waals surface area contributed by atoms with Crippen molar-refractivity contribution in [2.75, 3.05) is 6.54 Å². The zero-order chi connectivity index (χ0) is 11.2. The first-order valence-corrected chi connectivity index (χ1v) is 5.16. The maximum Gasteiger partial charge on any atom is 0.329 e. The molecule has 2 aliphatic rings. The summed E-state index contributed by atoms with van der Waals surface area (Å²) < 4.78 is 5.01. The van der Waals surface area contributed by atoms with E-state index in [4.69, 9.17) is 4.74 Å². The Morgan fingerprint density at radius 1 is 1.53 bits per heavy atom. The highest BCUT2D eigenvalue weighted by atomic mass is 16.6. The molecule has 2 heterocycles. The molecule has 2 amide bonds. The molecule has 0 aliphatic carbocycles. The first kappa shape index (κ1) is 10.3. The Hall–Kier alpha value is -1.26. The molecule has 2 rings (SSSR count). The number of hydrogen-bond donors (Lipinski definition) is 1. The number of hydrogen-bond acceptors (Lipinski definition) is 3. The van der Waals surface area contributed by atoms with Crippen molar-refractivity contribution < 1.29 is 14.3 Å². The van der Waals surface area contributed by atoms with Crippen LogP contribution in [0.4, 0.5) is 4.79 Å². The van der Waals surface area contributed by atoms with Gasteiger partial charge in [-0.05, 0) is 20.8 Å². The molecule has 0 aromatic rings. The molecule has 0 aromatic carbocycles. The number of esters is 1. The molecule has 0 spiro atoms. The van der Waals surface area contributed by atoms with E-state index in [0.29, 0.717) is 13.0 Å². The Morgan fingerprint density at radius 2 is 2.20 bits per heavy atom. The minimum absolute atomic E-state index is 0.0896. The number of amides is 2. The highest BCUT2D eigenvalue weighted by Gasteiger charge is 2.48. The summed E-state index contributed by atoms with van der Waals surface area (Å²) in [6.07, 6.45) is 0.560. The molecule has 0 aromatic heterocycles. The van der Waals surface area contributed by atoms with Crippen LogP contribution in [0.3, 0.4) is 0 Å². The van der Waals surface area contributed by atoms with E-state index in [1.807, 2.05) is 20.8 Å². The average molecular weight is 212 g/mol. The van der Waals surface area contributed by atoms with Crippen molar-refractivity contribution in [3.63, 3.8) is 0 Å². The molecule has 84 valence electrons. The summed E-state index contributed by atoms with van der Waals surface area (Å²) in [7, 11) is 0. The largest absolute Gasteiger partial charge is 0.459 e. The van der Waals surface area contributed by atoms with Gasteiger partial charge in [0.1, 0.15) is 12.1 Å². The Morgan fingerprint density at radius 3 is 2.67 bits per heavy atom. The van der Waals surface area contributed by atoms with Crippen LogP contribution < -0.4 is 5.32 Å². The predicted octanol–water partition coefficient (Wildman–Crippen LogP) is 0.494. The van der Waals surface area contributed by atoms with Crippen molar-refractivity contribution in [2.24, 2.45) is 0 Å². The van der Waals surface area contributed by atoms with Crippen LogP contribution in [0.25, 0.3) is 0 Å². The van der Waals surface area contributed by atoms with Gasteiger partial charge in [-0.15, -0.1) is 0 Å². The molecule has 0 unspecified atom stereocenters. The van der Waals surface area contributed by atoms with Gasteiger partial charge in [-0.25, -0.2) is 9.59 Å². The second-order valence-corrected chi connectivity index (χ2v) is 5.14. The summed E-state index contributed by atoms with van der Waals surface area (Å²) in [6.45, 7) is 6.27. The minimum atomic E-state index is -0.364. The second kappa shape index (κ2) is 3.12. The van der Waals surface area contributed by atoms with Crippen LogP contribution in [0.1, 0.15) is 27.2 Å². The summed E-state index contributed by atoms with van der Waals surface area (Å²) in [4.78, 5) is 24.6. The molecule has 2 aliphatic heterocycles. The monoisotopic (exact) mass is 212 g/mol. The smallest absolute Gasteiger partial charge is 0.329 e. The lowest BCUT2D eigenvalue weighted by atomic mass is 10.1. The number of nitrogens with zero attached hydrogens (tertiary/aromatic N) is 1. The Labute approximate surface area is 88.8 Å². The van der Waals surface area contributed by atoms with E-state index in [0.717, 1.165) is 0 Å². The van der Waals surface area contributed by atoms with Crippen LogP contribution in [0.5, 0.6) is 0 Å². The fourth-order valence-electron chi connectivity index (χ4n) is 1.97. The normalized spacial score (nSPS) is 29.3. The summed E-state index contributed by atoms with van der Waals surface area (Å²) in [5.41, 5.74) is -0.275. The fourth-order valence-corrected chi connectivity index (χ4v) is 1.97. The number of carbonyl (C=O) groups is 2. The topological polar surface area (TPSA) is 58.6 Å². The average Bonchev–Trinajstić information content (AvgIpc) is 2.58. The van der Waals surface area contributed by atoms with Gasteiger partial charge in [0, 0.05) is 12.0 Å². The molecular formula is C10H16N2O3. The Kier molecular flexibility index (Phi) is 2.13. The highest BCUT2D eigenvalue weighted by Crippen LogP contribution is 2.29. The van der Waals surface area contributed by atoms with Crippen molar-refractivity contribution >= 4 is 12.0 Å². The molecular weight excluding hydrogens is 196 g/mol. The zero-order valence-electron chi connectivity index (χ0n) is 9.24. The number of urea groups is 1. The van der Waals surface area contributed by atoms with Gasteiger partial charge in [-0.1, -0.05) is 0 Å². The molecule has 2 atom stereocenters. The summed E-state index contributed by atoms with van der Waals surface area (Å²) >= 11 is 0. The van der Waals surface area contributed by atoms with Gasteiger partial charge in [-0.2, -0.15) is 0 Å². The molecule has 0 radical (unpaired) electrons. The van der Waals surface area contributed by atoms with Crippen molar-refractivity contribution in [1.29, 1.82) is 0 Å². The van der Waals surface area contributed by atoms with Gasteiger partial charge in [0.05, 0.1) is 6.54 Å². The summed E-state index contributed by atoms with van der Waals surface area (Å²) in [5.74, 6) is -0.268. The molecule has 0 saturated carbocycles. The summed E-state index contributed by atoms with van der Waals surface area (Å²) in [5, 5.41) is 2.85. The van der Waals surface area contributed by atoms with Crippen LogP contribution in [-0.4, -0.2) is 41.1 Å². The fraction of sp³-hybridized carbons (Fsp3) is 0.800. The van der Waals surface area contributed by atoms with Crippen LogP contribution in [0.2, 0.25) is 0 Å². The lowest BCUT2D eigenvalue weighted by molar-refractivity contribution is -0.149. The second-order valence-electron chi connectivity index (χ2n) is 5.14. The number of morpholine rings is 1. The van der Waals surface area contributed by atoms with Crippen molar-refractivity contribution in [1.82, 2.24) is 10.2 Å². The summed E-state index contributed by atoms with van der Waals surface area (Å²) in [6, 6.07) is -0.538. The van der Waals surface area contributed by atoms with Crippen molar-refractivity contribution in [2.45, 2.75) is 44.9 Å². The van der Waals surface area contributed by atoms with Crippen LogP contribution in [0, 0.1) is 0 Å². The molecule has 2 saturated heterocycles. The third-order valence-electron chi connectivity index (χ3n) is 2.56. The van der Waals surface area contributed by atoms with E-state index in [1.54, 1.807) is 4.90 Å². The number of carbonyl (C=O) groups excluding carboxylic acids is 2. The van der Waals surface area contributed by atoms with E-state index < -0.39 is 0 Å². The molecule has 2 fully saturated rings. The lowest BCUT2D eigenvalue weighted by Gasteiger charge is -2.30. The van der Waals surface area contributed by atoms with Gasteiger partial charge in [0.25, 0.3) is 0 Å². The quantitative estimate of drug-likeness (QED) is 0.595. The highest BCUT2D eigenvalue weighted by molar-refractivity contribution is 5.86. The maximum atomic E-state index is 11.8. The number of nitrogens with one attached hydrogen (secondary N) is 1. The zero-order valence-corrected chi connectivity index (χ0v) is 9.24. The number of fused-ring (bicyclic) bond motifs is 2. The van der Waals surface area contributed by atoms with Crippen molar-refractivity contribution in [3.8, 4) is 0 Å². The molecule has 15 heavy (non-hydrogen) atoms. The van der Waals surface area contributed by atoms with E-state index >= 15 is 0 Å². The maximum absolute atomic E-state index is 11.8. The van der Waals surface area contributed by atoms with Gasteiger partial charge in [0.2, 0.25) is 0 Å². The lowest BCUT2D eigenvalue weighted by Crippen LogP contribution is -2.53. The van der Waals surface area contributed by atoms with Crippen LogP contribution in [-0.2, 0) is 9.53 Å². The van der Waals surface area contributed by atoms with E-state index in [-0.39, 0.29) is 29.7 Å². The third-order valence-corrected chi connectivity index (χ3v) is 2.56. The van der Waals surface area contributed by atoms with E-state index in [1.165, 1.54) is 0 Å². The Balaban J connectivity index is 2.01. The Bertz CT molecular complexity index is 308. The first-order valence-electron chi connectivity index (χ1n) is 5.16. The van der Waals surface area contributed by atoms with Gasteiger partial charge in [-0.3, -0.25) is 0 Å². The van der Waals surface area contributed by atoms with Gasteiger partial charge >= 0.3 is 12.0 Å². The standard InChI is InChI=1S/C10H16N2O3/c1-10(2,3)11-9(14)12-5-6-4-7(12)8(13)15-6/h6-7H,4-5H2,1-3H3,(H,11,14)/t6-,7+/m0/s1. The van der Waals surface area contributed by atoms with E-state index in [2.05, 4.69) is 5.32 Å². The SMILES string of the molecule is CC(C)(C)NC(=O)N1C[C@@H]2C[C@@H]1C(=O)O2. The van der Waals surface area contributed by atoms with Crippen LogP contribution >= 0.6 is 0 Å². The first-order chi connectivity index (χ1) is 6.87. The number of ether oxygens (including phenoxy) is 1. The minimum Gasteiger partial charge on any atom is -0.459 e. The molecule has 5 heteroatoms.